The molecule has 4 rings (SSSR count). The largest absolute Gasteiger partial charge is 0.320 e. The normalized spacial score (nSPS) is 15.1. The molecule has 0 saturated carbocycles. The Balaban J connectivity index is 1.89. The zero-order valence-electron chi connectivity index (χ0n) is 16.2. The number of aryl methyl sites for hydroxylation is 1. The zero-order chi connectivity index (χ0) is 20.0. The van der Waals surface area contributed by atoms with E-state index in [2.05, 4.69) is 41.6 Å². The zero-order valence-corrected chi connectivity index (χ0v) is 16.2. The molecule has 0 fully saturated rings. The van der Waals surface area contributed by atoms with Crippen LogP contribution in [0.3, 0.4) is 0 Å². The summed E-state index contributed by atoms with van der Waals surface area (Å²) in [6, 6.07) is 8.81. The molecule has 0 amide bonds. The number of aldehydes is 1. The highest BCUT2D eigenvalue weighted by Gasteiger charge is 2.22. The minimum Gasteiger partial charge on any atom is -0.320 e. The number of carbonyl (C=O) groups is 1. The number of allylic oxidation sites excluding steroid dienone is 1. The van der Waals surface area contributed by atoms with Crippen LogP contribution in [0.15, 0.2) is 30.3 Å². The van der Waals surface area contributed by atoms with E-state index in [0.29, 0.717) is 5.56 Å². The number of hydrogen-bond donors (Lipinski definition) is 0. The lowest BCUT2D eigenvalue weighted by atomic mass is 10.0. The first kappa shape index (κ1) is 18.6. The van der Waals surface area contributed by atoms with Crippen LogP contribution in [0.4, 0.5) is 8.78 Å². The fourth-order valence-electron chi connectivity index (χ4n) is 3.98. The number of benzene rings is 2. The molecule has 0 saturated heterocycles. The lowest BCUT2D eigenvalue weighted by Crippen LogP contribution is -2.26. The molecule has 0 aliphatic carbocycles. The standard InChI is InChI=1S/C23H22F2N2O/c1-14-4-5-22-17(8-14)18-12-26(3)7-6-23(18)27(22)11-15(2)16-9-20(24)19(13-28)21(25)10-16/h4-5,8-11,13H,6-7,12H2,1-3H3/b15-11+. The van der Waals surface area contributed by atoms with Gasteiger partial charge < -0.3 is 9.47 Å². The number of hydrogen-bond acceptors (Lipinski definition) is 2. The van der Waals surface area contributed by atoms with Crippen molar-refractivity contribution >= 4 is 29.0 Å². The second-order valence-electron chi connectivity index (χ2n) is 7.59. The highest BCUT2D eigenvalue weighted by atomic mass is 19.1. The van der Waals surface area contributed by atoms with Gasteiger partial charge in [0.1, 0.15) is 11.6 Å². The topological polar surface area (TPSA) is 25.2 Å². The summed E-state index contributed by atoms with van der Waals surface area (Å²) in [7, 11) is 2.11. The summed E-state index contributed by atoms with van der Waals surface area (Å²) < 4.78 is 30.3. The van der Waals surface area contributed by atoms with Crippen molar-refractivity contribution in [3.63, 3.8) is 0 Å². The molecule has 2 aromatic carbocycles. The molecule has 0 spiro atoms. The molecule has 144 valence electrons. The summed E-state index contributed by atoms with van der Waals surface area (Å²) in [6.45, 7) is 5.76. The van der Waals surface area contributed by atoms with Crippen LogP contribution in [0, 0.1) is 18.6 Å². The first-order valence-electron chi connectivity index (χ1n) is 9.33. The number of fused-ring (bicyclic) bond motifs is 3. The number of aromatic nitrogens is 1. The molecule has 1 aromatic heterocycles. The molecule has 0 bridgehead atoms. The number of halogens is 2. The van der Waals surface area contributed by atoms with Gasteiger partial charge in [-0.1, -0.05) is 11.6 Å². The Morgan fingerprint density at radius 2 is 1.86 bits per heavy atom. The van der Waals surface area contributed by atoms with Gasteiger partial charge in [-0.2, -0.15) is 0 Å². The van der Waals surface area contributed by atoms with Gasteiger partial charge in [0, 0.05) is 36.8 Å². The lowest BCUT2D eigenvalue weighted by Gasteiger charge is -2.23. The maximum atomic E-state index is 14.1. The molecular weight excluding hydrogens is 358 g/mol. The van der Waals surface area contributed by atoms with Gasteiger partial charge in [-0.15, -0.1) is 0 Å². The molecule has 1 aliphatic heterocycles. The van der Waals surface area contributed by atoms with Gasteiger partial charge in [0.05, 0.1) is 11.1 Å². The summed E-state index contributed by atoms with van der Waals surface area (Å²) >= 11 is 0. The predicted molar refractivity (Wildman–Crippen MR) is 108 cm³/mol. The summed E-state index contributed by atoms with van der Waals surface area (Å²) in [5, 5.41) is 1.22. The Bertz CT molecular complexity index is 1100. The van der Waals surface area contributed by atoms with Crippen LogP contribution in [0.2, 0.25) is 0 Å². The maximum Gasteiger partial charge on any atom is 0.155 e. The number of carbonyl (C=O) groups excluding carboxylic acids is 1. The van der Waals surface area contributed by atoms with Gasteiger partial charge in [0.25, 0.3) is 0 Å². The second-order valence-corrected chi connectivity index (χ2v) is 7.59. The van der Waals surface area contributed by atoms with Gasteiger partial charge in [0.15, 0.2) is 6.29 Å². The molecule has 3 nitrogen and oxygen atoms in total. The second kappa shape index (κ2) is 6.99. The van der Waals surface area contributed by atoms with Crippen molar-refractivity contribution in [1.82, 2.24) is 9.47 Å². The lowest BCUT2D eigenvalue weighted by molar-refractivity contribution is 0.111. The van der Waals surface area contributed by atoms with Crippen molar-refractivity contribution in [3.8, 4) is 0 Å². The molecule has 28 heavy (non-hydrogen) atoms. The third-order valence-electron chi connectivity index (χ3n) is 5.51. The minimum absolute atomic E-state index is 0.210. The maximum absolute atomic E-state index is 14.1. The summed E-state index contributed by atoms with van der Waals surface area (Å²) in [6.07, 6.45) is 3.06. The fraction of sp³-hybridized carbons (Fsp3) is 0.261. The summed E-state index contributed by atoms with van der Waals surface area (Å²) in [5.74, 6) is -1.68. The Morgan fingerprint density at radius 1 is 1.14 bits per heavy atom. The summed E-state index contributed by atoms with van der Waals surface area (Å²) in [5.41, 5.74) is 5.48. The highest BCUT2D eigenvalue weighted by molar-refractivity contribution is 5.90. The molecular formula is C23H22F2N2O. The Morgan fingerprint density at radius 3 is 2.54 bits per heavy atom. The van der Waals surface area contributed by atoms with Crippen LogP contribution in [-0.4, -0.2) is 29.3 Å². The van der Waals surface area contributed by atoms with E-state index in [-0.39, 0.29) is 6.29 Å². The van der Waals surface area contributed by atoms with E-state index < -0.39 is 17.2 Å². The van der Waals surface area contributed by atoms with E-state index in [9.17, 15) is 13.6 Å². The number of rotatable bonds is 3. The van der Waals surface area contributed by atoms with Crippen LogP contribution in [-0.2, 0) is 13.0 Å². The van der Waals surface area contributed by atoms with E-state index in [0.717, 1.165) is 30.6 Å². The van der Waals surface area contributed by atoms with E-state index in [1.807, 2.05) is 13.1 Å². The quantitative estimate of drug-likeness (QED) is 0.595. The van der Waals surface area contributed by atoms with Crippen LogP contribution >= 0.6 is 0 Å². The van der Waals surface area contributed by atoms with Crippen LogP contribution < -0.4 is 0 Å². The minimum atomic E-state index is -0.839. The molecule has 1 aliphatic rings. The van der Waals surface area contributed by atoms with E-state index in [1.54, 1.807) is 0 Å². The molecule has 2 heterocycles. The van der Waals surface area contributed by atoms with Crippen molar-refractivity contribution in [2.45, 2.75) is 26.8 Å². The van der Waals surface area contributed by atoms with Gasteiger partial charge in [-0.3, -0.25) is 4.79 Å². The molecule has 5 heteroatoms. The third-order valence-corrected chi connectivity index (χ3v) is 5.51. The first-order valence-corrected chi connectivity index (χ1v) is 9.33. The Hall–Kier alpha value is -2.79. The van der Waals surface area contributed by atoms with Gasteiger partial charge in [-0.05, 0) is 61.9 Å². The van der Waals surface area contributed by atoms with Crippen LogP contribution in [0.5, 0.6) is 0 Å². The van der Waals surface area contributed by atoms with E-state index in [1.165, 1.54) is 34.3 Å². The highest BCUT2D eigenvalue weighted by Crippen LogP contribution is 2.33. The van der Waals surface area contributed by atoms with Crippen LogP contribution in [0.1, 0.15) is 39.7 Å². The third kappa shape index (κ3) is 3.06. The molecule has 3 aromatic rings. The van der Waals surface area contributed by atoms with Crippen molar-refractivity contribution in [2.75, 3.05) is 13.6 Å². The predicted octanol–water partition coefficient (Wildman–Crippen LogP) is 5.05. The van der Waals surface area contributed by atoms with Crippen molar-refractivity contribution < 1.29 is 13.6 Å². The van der Waals surface area contributed by atoms with Gasteiger partial charge in [-0.25, -0.2) is 8.78 Å². The monoisotopic (exact) mass is 380 g/mol. The number of nitrogens with zero attached hydrogens (tertiary/aromatic N) is 2. The van der Waals surface area contributed by atoms with Gasteiger partial charge >= 0.3 is 0 Å². The molecule has 0 radical (unpaired) electrons. The smallest absolute Gasteiger partial charge is 0.155 e. The van der Waals surface area contributed by atoms with E-state index in [4.69, 9.17) is 0 Å². The fourth-order valence-corrected chi connectivity index (χ4v) is 3.98. The Kier molecular flexibility index (Phi) is 4.63. The average Bonchev–Trinajstić information content (AvgIpc) is 2.94. The molecule has 0 unspecified atom stereocenters. The first-order chi connectivity index (χ1) is 13.4. The van der Waals surface area contributed by atoms with Crippen molar-refractivity contribution in [2.24, 2.45) is 0 Å². The Labute approximate surface area is 162 Å². The van der Waals surface area contributed by atoms with E-state index >= 15 is 0 Å². The molecule has 0 atom stereocenters. The average molecular weight is 380 g/mol. The number of likely N-dealkylation sites (N-methyl/N-ethyl adjacent to an activating group) is 1. The molecule has 0 N–H and O–H groups in total. The SMILES string of the molecule is C/C(=C\n1c2c(c3cc(C)ccc31)CN(C)CC2)c1cc(F)c(C=O)c(F)c1. The summed E-state index contributed by atoms with van der Waals surface area (Å²) in [4.78, 5) is 13.1. The van der Waals surface area contributed by atoms with Crippen molar-refractivity contribution in [3.05, 3.63) is 69.9 Å². The van der Waals surface area contributed by atoms with Gasteiger partial charge in [0.2, 0.25) is 0 Å². The van der Waals surface area contributed by atoms with Crippen molar-refractivity contribution in [1.29, 1.82) is 0 Å². The van der Waals surface area contributed by atoms with Crippen LogP contribution in [0.25, 0.3) is 22.7 Å².